The molecule has 33 heavy (non-hydrogen) atoms. The molecule has 0 aliphatic rings. The third-order valence-corrected chi connectivity index (χ3v) is 5.09. The smallest absolute Gasteiger partial charge is 0.262 e. The van der Waals surface area contributed by atoms with Gasteiger partial charge in [0.2, 0.25) is 0 Å². The minimum absolute atomic E-state index is 0.162. The highest BCUT2D eigenvalue weighted by atomic mass is 16.5. The molecule has 1 aromatic heterocycles. The molecule has 0 saturated heterocycles. The second-order valence-electron chi connectivity index (χ2n) is 7.16. The number of rotatable bonds is 8. The van der Waals surface area contributed by atoms with Gasteiger partial charge in [0.05, 0.1) is 32.5 Å². The van der Waals surface area contributed by atoms with E-state index in [1.54, 1.807) is 39.5 Å². The van der Waals surface area contributed by atoms with Crippen molar-refractivity contribution in [2.24, 2.45) is 0 Å². The Morgan fingerprint density at radius 3 is 2.30 bits per heavy atom. The highest BCUT2D eigenvalue weighted by Gasteiger charge is 2.12. The topological polar surface area (TPSA) is 78.9 Å². The van der Waals surface area contributed by atoms with Gasteiger partial charge in [0.15, 0.2) is 18.1 Å². The monoisotopic (exact) mass is 444 g/mol. The summed E-state index contributed by atoms with van der Waals surface area (Å²) in [6.07, 6.45) is 0. The quantitative estimate of drug-likeness (QED) is 0.415. The van der Waals surface area contributed by atoms with Gasteiger partial charge in [-0.1, -0.05) is 12.1 Å². The molecule has 0 fully saturated rings. The fraction of sp³-hybridized carbons (Fsp3) is 0.154. The number of para-hydroxylation sites is 1. The number of nitrogens with one attached hydrogen (secondary N) is 1. The van der Waals surface area contributed by atoms with Crippen LogP contribution in [-0.2, 0) is 4.79 Å². The van der Waals surface area contributed by atoms with E-state index in [0.717, 1.165) is 27.9 Å². The van der Waals surface area contributed by atoms with Gasteiger partial charge in [-0.05, 0) is 48.5 Å². The lowest BCUT2D eigenvalue weighted by Crippen LogP contribution is -2.20. The number of hydrogen-bond acceptors (Lipinski definition) is 6. The van der Waals surface area contributed by atoms with E-state index in [4.69, 9.17) is 23.9 Å². The summed E-state index contributed by atoms with van der Waals surface area (Å²) in [4.78, 5) is 17.3. The zero-order chi connectivity index (χ0) is 23.2. The van der Waals surface area contributed by atoms with Crippen LogP contribution in [0, 0.1) is 0 Å². The number of carbonyl (C=O) groups is 1. The van der Waals surface area contributed by atoms with Crippen molar-refractivity contribution >= 4 is 22.5 Å². The summed E-state index contributed by atoms with van der Waals surface area (Å²) in [6.45, 7) is -0.162. The van der Waals surface area contributed by atoms with Crippen LogP contribution in [0.15, 0.2) is 72.8 Å². The van der Waals surface area contributed by atoms with Crippen LogP contribution in [0.1, 0.15) is 0 Å². The summed E-state index contributed by atoms with van der Waals surface area (Å²) in [5.41, 5.74) is 3.02. The number of anilines is 1. The molecule has 1 N–H and O–H groups in total. The van der Waals surface area contributed by atoms with Crippen LogP contribution in [0.5, 0.6) is 23.0 Å². The van der Waals surface area contributed by atoms with Crippen LogP contribution in [0.2, 0.25) is 0 Å². The Hall–Kier alpha value is -4.26. The first kappa shape index (κ1) is 22.0. The Labute approximate surface area is 191 Å². The van der Waals surface area contributed by atoms with Crippen molar-refractivity contribution in [1.29, 1.82) is 0 Å². The second kappa shape index (κ2) is 9.91. The summed E-state index contributed by atoms with van der Waals surface area (Å²) < 4.78 is 21.7. The minimum atomic E-state index is -0.297. The second-order valence-corrected chi connectivity index (χ2v) is 7.16. The standard InChI is InChI=1S/C26H24N2O5/c1-30-19-11-8-17(9-12-19)22-15-24(20-6-4-5-7-21(20)28-22)33-16-26(29)27-18-10-13-23(31-2)25(14-18)32-3/h4-15H,16H2,1-3H3,(H,27,29). The Morgan fingerprint density at radius 1 is 0.818 bits per heavy atom. The van der Waals surface area contributed by atoms with E-state index in [9.17, 15) is 4.79 Å². The predicted molar refractivity (Wildman–Crippen MR) is 127 cm³/mol. The third kappa shape index (κ3) is 4.98. The molecule has 0 saturated carbocycles. The molecule has 168 valence electrons. The summed E-state index contributed by atoms with van der Waals surface area (Å²) in [5, 5.41) is 3.64. The maximum atomic E-state index is 12.6. The molecule has 7 nitrogen and oxygen atoms in total. The van der Waals surface area contributed by atoms with Crippen molar-refractivity contribution in [3.63, 3.8) is 0 Å². The summed E-state index contributed by atoms with van der Waals surface area (Å²) in [6, 6.07) is 22.3. The Bertz CT molecular complexity index is 1270. The third-order valence-electron chi connectivity index (χ3n) is 5.09. The fourth-order valence-corrected chi connectivity index (χ4v) is 3.43. The first-order valence-corrected chi connectivity index (χ1v) is 10.3. The van der Waals surface area contributed by atoms with Crippen molar-refractivity contribution in [3.8, 4) is 34.3 Å². The van der Waals surface area contributed by atoms with E-state index in [2.05, 4.69) is 5.32 Å². The van der Waals surface area contributed by atoms with E-state index >= 15 is 0 Å². The van der Waals surface area contributed by atoms with Crippen molar-refractivity contribution < 1.29 is 23.7 Å². The summed E-state index contributed by atoms with van der Waals surface area (Å²) in [5.74, 6) is 2.16. The van der Waals surface area contributed by atoms with Crippen molar-refractivity contribution in [3.05, 3.63) is 72.8 Å². The van der Waals surface area contributed by atoms with Crippen LogP contribution >= 0.6 is 0 Å². The van der Waals surface area contributed by atoms with Gasteiger partial charge in [-0.2, -0.15) is 0 Å². The van der Waals surface area contributed by atoms with Crippen molar-refractivity contribution in [1.82, 2.24) is 4.98 Å². The molecule has 0 aliphatic heterocycles. The summed E-state index contributed by atoms with van der Waals surface area (Å²) >= 11 is 0. The lowest BCUT2D eigenvalue weighted by Gasteiger charge is -2.13. The zero-order valence-corrected chi connectivity index (χ0v) is 18.6. The lowest BCUT2D eigenvalue weighted by molar-refractivity contribution is -0.118. The fourth-order valence-electron chi connectivity index (χ4n) is 3.43. The van der Waals surface area contributed by atoms with Gasteiger partial charge in [-0.3, -0.25) is 4.79 Å². The lowest BCUT2D eigenvalue weighted by atomic mass is 10.1. The van der Waals surface area contributed by atoms with Gasteiger partial charge in [0.25, 0.3) is 5.91 Å². The molecule has 4 aromatic rings. The van der Waals surface area contributed by atoms with Crippen LogP contribution in [0.25, 0.3) is 22.2 Å². The van der Waals surface area contributed by atoms with E-state index in [-0.39, 0.29) is 12.5 Å². The predicted octanol–water partition coefficient (Wildman–Crippen LogP) is 4.95. The average Bonchev–Trinajstić information content (AvgIpc) is 2.87. The number of pyridine rings is 1. The molecular weight excluding hydrogens is 420 g/mol. The number of benzene rings is 3. The van der Waals surface area contributed by atoms with Gasteiger partial charge in [0, 0.05) is 28.8 Å². The van der Waals surface area contributed by atoms with Gasteiger partial charge < -0.3 is 24.3 Å². The molecule has 7 heteroatoms. The molecule has 3 aromatic carbocycles. The first-order chi connectivity index (χ1) is 16.1. The number of aromatic nitrogens is 1. The molecule has 0 atom stereocenters. The highest BCUT2D eigenvalue weighted by Crippen LogP contribution is 2.32. The SMILES string of the molecule is COc1ccc(-c2cc(OCC(=O)Nc3ccc(OC)c(OC)c3)c3ccccc3n2)cc1. The highest BCUT2D eigenvalue weighted by molar-refractivity contribution is 5.93. The number of methoxy groups -OCH3 is 3. The van der Waals surface area contributed by atoms with Crippen molar-refractivity contribution in [2.45, 2.75) is 0 Å². The normalized spacial score (nSPS) is 10.5. The van der Waals surface area contributed by atoms with Crippen LogP contribution < -0.4 is 24.3 Å². The maximum absolute atomic E-state index is 12.6. The molecule has 0 spiro atoms. The Balaban J connectivity index is 1.54. The molecule has 0 bridgehead atoms. The number of nitrogens with zero attached hydrogens (tertiary/aromatic N) is 1. The molecule has 1 amide bonds. The van der Waals surface area contributed by atoms with Crippen LogP contribution in [0.4, 0.5) is 5.69 Å². The zero-order valence-electron chi connectivity index (χ0n) is 18.6. The average molecular weight is 444 g/mol. The molecule has 0 aliphatic carbocycles. The number of amides is 1. The van der Waals surface area contributed by atoms with Gasteiger partial charge in [0.1, 0.15) is 11.5 Å². The van der Waals surface area contributed by atoms with Gasteiger partial charge in [-0.15, -0.1) is 0 Å². The van der Waals surface area contributed by atoms with E-state index in [1.807, 2.05) is 54.6 Å². The van der Waals surface area contributed by atoms with E-state index < -0.39 is 0 Å². The number of fused-ring (bicyclic) bond motifs is 1. The molecular formula is C26H24N2O5. The Kier molecular flexibility index (Phi) is 6.59. The van der Waals surface area contributed by atoms with E-state index in [1.165, 1.54) is 0 Å². The maximum Gasteiger partial charge on any atom is 0.262 e. The van der Waals surface area contributed by atoms with Gasteiger partial charge >= 0.3 is 0 Å². The largest absolute Gasteiger partial charge is 0.497 e. The first-order valence-electron chi connectivity index (χ1n) is 10.3. The molecule has 0 radical (unpaired) electrons. The molecule has 1 heterocycles. The number of carbonyl (C=O) groups excluding carboxylic acids is 1. The molecule has 0 unspecified atom stereocenters. The minimum Gasteiger partial charge on any atom is -0.497 e. The summed E-state index contributed by atoms with van der Waals surface area (Å²) in [7, 11) is 4.73. The number of hydrogen-bond donors (Lipinski definition) is 1. The van der Waals surface area contributed by atoms with Crippen molar-refractivity contribution in [2.75, 3.05) is 33.3 Å². The van der Waals surface area contributed by atoms with E-state index in [0.29, 0.717) is 22.9 Å². The van der Waals surface area contributed by atoms with Crippen LogP contribution in [-0.4, -0.2) is 38.8 Å². The number of ether oxygens (including phenoxy) is 4. The van der Waals surface area contributed by atoms with Gasteiger partial charge in [-0.25, -0.2) is 4.98 Å². The van der Waals surface area contributed by atoms with Crippen LogP contribution in [0.3, 0.4) is 0 Å². The molecule has 4 rings (SSSR count). The Morgan fingerprint density at radius 2 is 1.58 bits per heavy atom.